The predicted octanol–water partition coefficient (Wildman–Crippen LogP) is 2.41. The average molecular weight is 449 g/mol. The number of rotatable bonds is 6. The molecule has 170 valence electrons. The third-order valence-corrected chi connectivity index (χ3v) is 5.32. The highest BCUT2D eigenvalue weighted by Crippen LogP contribution is 2.32. The number of hydrogen-bond donors (Lipinski definition) is 1. The maximum atomic E-state index is 13.1. The van der Waals surface area contributed by atoms with E-state index in [1.165, 1.54) is 5.01 Å². The van der Waals surface area contributed by atoms with Gasteiger partial charge in [-0.15, -0.1) is 0 Å². The van der Waals surface area contributed by atoms with Crippen molar-refractivity contribution in [3.63, 3.8) is 0 Å². The molecule has 2 aliphatic rings. The van der Waals surface area contributed by atoms with Crippen LogP contribution in [-0.4, -0.2) is 53.9 Å². The van der Waals surface area contributed by atoms with E-state index in [1.54, 1.807) is 43.3 Å². The number of benzene rings is 2. The lowest BCUT2D eigenvalue weighted by atomic mass is 10.1. The van der Waals surface area contributed by atoms with Gasteiger partial charge in [-0.25, -0.2) is 9.69 Å². The summed E-state index contributed by atoms with van der Waals surface area (Å²) in [5, 5.41) is 11.7. The first-order chi connectivity index (χ1) is 15.8. The molecule has 0 aliphatic carbocycles. The second kappa shape index (κ2) is 8.81. The fraction of sp³-hybridized carbons (Fsp3) is 0.304. The molecule has 1 N–H and O–H groups in total. The largest absolute Gasteiger partial charge is 0.462 e. The molecule has 2 atom stereocenters. The minimum Gasteiger partial charge on any atom is -0.462 e. The second-order valence-electron chi connectivity index (χ2n) is 7.86. The third-order valence-electron chi connectivity index (χ3n) is 5.32. The van der Waals surface area contributed by atoms with Gasteiger partial charge in [0.1, 0.15) is 6.54 Å². The molecule has 2 unspecified atom stereocenters. The van der Waals surface area contributed by atoms with Crippen LogP contribution in [0.1, 0.15) is 28.4 Å². The number of anilines is 2. The Morgan fingerprint density at radius 1 is 1.06 bits per heavy atom. The van der Waals surface area contributed by atoms with Gasteiger partial charge in [-0.1, -0.05) is 23.4 Å². The number of aryl methyl sites for hydroxylation is 2. The van der Waals surface area contributed by atoms with Gasteiger partial charge in [-0.05, 0) is 56.2 Å². The Kier molecular flexibility index (Phi) is 5.91. The summed E-state index contributed by atoms with van der Waals surface area (Å²) in [5.74, 6) is -2.04. The van der Waals surface area contributed by atoms with Gasteiger partial charge in [-0.3, -0.25) is 19.4 Å². The molecule has 3 amide bonds. The number of ether oxygens (including phenoxy) is 1. The molecule has 0 aromatic heterocycles. The number of hydrogen-bond acceptors (Lipinski definition) is 8. The summed E-state index contributed by atoms with van der Waals surface area (Å²) in [4.78, 5) is 52.0. The van der Waals surface area contributed by atoms with E-state index >= 15 is 0 Å². The Hall–Kier alpha value is -4.08. The zero-order valence-electron chi connectivity index (χ0n) is 18.4. The van der Waals surface area contributed by atoms with Gasteiger partial charge in [0, 0.05) is 0 Å². The lowest BCUT2D eigenvalue weighted by Gasteiger charge is -2.21. The zero-order valence-corrected chi connectivity index (χ0v) is 18.4. The van der Waals surface area contributed by atoms with Gasteiger partial charge in [0.05, 0.1) is 23.5 Å². The molecule has 0 spiro atoms. The van der Waals surface area contributed by atoms with Gasteiger partial charge in [0.25, 0.3) is 11.8 Å². The van der Waals surface area contributed by atoms with Gasteiger partial charge < -0.3 is 10.1 Å². The average Bonchev–Trinajstić information content (AvgIpc) is 3.27. The van der Waals surface area contributed by atoms with Crippen LogP contribution in [0.15, 0.2) is 52.8 Å². The smallest absolute Gasteiger partial charge is 0.340 e. The highest BCUT2D eigenvalue weighted by Gasteiger charge is 2.55. The van der Waals surface area contributed by atoms with Gasteiger partial charge in [0.15, 0.2) is 12.1 Å². The first kappa shape index (κ1) is 22.1. The Labute approximate surface area is 190 Å². The van der Waals surface area contributed by atoms with Crippen LogP contribution >= 0.6 is 0 Å². The highest BCUT2D eigenvalue weighted by molar-refractivity contribution is 6.25. The summed E-state index contributed by atoms with van der Waals surface area (Å²) in [6.45, 7) is 5.34. The number of imide groups is 1. The standard InChI is InChI=1S/C23H23N5O5/c1-4-33-23(32)16-7-5-6-8-17(16)24-18(29)12-27-20-19(25-26-27)21(30)28(22(20)31)15-10-13(2)9-14(3)11-15/h5-11,19-20H,4,12H2,1-3H3,(H,24,29). The zero-order chi connectivity index (χ0) is 23.7. The van der Waals surface area contributed by atoms with E-state index in [2.05, 4.69) is 15.7 Å². The number of para-hydroxylation sites is 1. The van der Waals surface area contributed by atoms with E-state index in [9.17, 15) is 19.2 Å². The number of nitrogens with zero attached hydrogens (tertiary/aromatic N) is 4. The van der Waals surface area contributed by atoms with Crippen molar-refractivity contribution in [2.75, 3.05) is 23.4 Å². The molecule has 0 bridgehead atoms. The molecule has 2 heterocycles. The van der Waals surface area contributed by atoms with Crippen molar-refractivity contribution in [1.29, 1.82) is 0 Å². The molecule has 10 nitrogen and oxygen atoms in total. The maximum Gasteiger partial charge on any atom is 0.340 e. The van der Waals surface area contributed by atoms with E-state index < -0.39 is 35.8 Å². The van der Waals surface area contributed by atoms with Gasteiger partial charge in [-0.2, -0.15) is 5.11 Å². The molecule has 2 aromatic carbocycles. The minimum atomic E-state index is -1.00. The molecule has 0 saturated carbocycles. The SMILES string of the molecule is CCOC(=O)c1ccccc1NC(=O)CN1N=NC2C(=O)N(c3cc(C)cc(C)c3)C(=O)C21. The molecule has 10 heteroatoms. The van der Waals surface area contributed by atoms with Crippen molar-refractivity contribution >= 4 is 35.1 Å². The molecule has 4 rings (SSSR count). The number of carbonyl (C=O) groups is 4. The Morgan fingerprint density at radius 3 is 2.45 bits per heavy atom. The summed E-state index contributed by atoms with van der Waals surface area (Å²) in [5.41, 5.74) is 2.79. The highest BCUT2D eigenvalue weighted by atomic mass is 16.5. The van der Waals surface area contributed by atoms with Crippen molar-refractivity contribution in [3.05, 3.63) is 59.2 Å². The summed E-state index contributed by atoms with van der Waals surface area (Å²) in [7, 11) is 0. The van der Waals surface area contributed by atoms with Crippen molar-refractivity contribution < 1.29 is 23.9 Å². The minimum absolute atomic E-state index is 0.200. The number of nitrogens with one attached hydrogen (secondary N) is 1. The second-order valence-corrected chi connectivity index (χ2v) is 7.86. The van der Waals surface area contributed by atoms with Crippen LogP contribution in [0, 0.1) is 13.8 Å². The molecule has 2 aromatic rings. The number of amides is 3. The van der Waals surface area contributed by atoms with Crippen molar-refractivity contribution in [2.24, 2.45) is 10.3 Å². The topological polar surface area (TPSA) is 121 Å². The molecule has 2 aliphatic heterocycles. The number of fused-ring (bicyclic) bond motifs is 1. The lowest BCUT2D eigenvalue weighted by Crippen LogP contribution is -2.43. The van der Waals surface area contributed by atoms with E-state index in [0.717, 1.165) is 16.0 Å². The summed E-state index contributed by atoms with van der Waals surface area (Å²) >= 11 is 0. The predicted molar refractivity (Wildman–Crippen MR) is 119 cm³/mol. The van der Waals surface area contributed by atoms with Crippen LogP contribution in [0.5, 0.6) is 0 Å². The quantitative estimate of drug-likeness (QED) is 0.534. The number of carbonyl (C=O) groups excluding carboxylic acids is 4. The number of esters is 1. The van der Waals surface area contributed by atoms with Crippen LogP contribution in [0.25, 0.3) is 0 Å². The van der Waals surface area contributed by atoms with Crippen molar-refractivity contribution in [1.82, 2.24) is 5.01 Å². The summed E-state index contributed by atoms with van der Waals surface area (Å²) in [6.07, 6.45) is 0. The van der Waals surface area contributed by atoms with E-state index in [-0.39, 0.29) is 24.4 Å². The van der Waals surface area contributed by atoms with Crippen molar-refractivity contribution in [2.45, 2.75) is 32.9 Å². The van der Waals surface area contributed by atoms with Crippen LogP contribution in [0.4, 0.5) is 11.4 Å². The molecule has 0 radical (unpaired) electrons. The fourth-order valence-corrected chi connectivity index (χ4v) is 4.00. The molecular weight excluding hydrogens is 426 g/mol. The Balaban J connectivity index is 1.50. The van der Waals surface area contributed by atoms with Crippen LogP contribution in [0.3, 0.4) is 0 Å². The first-order valence-electron chi connectivity index (χ1n) is 10.5. The molecule has 1 fully saturated rings. The van der Waals surface area contributed by atoms with Crippen molar-refractivity contribution in [3.8, 4) is 0 Å². The Bertz CT molecular complexity index is 1160. The monoisotopic (exact) mass is 449 g/mol. The summed E-state index contributed by atoms with van der Waals surface area (Å²) < 4.78 is 5.01. The van der Waals surface area contributed by atoms with Crippen LogP contribution < -0.4 is 10.2 Å². The van der Waals surface area contributed by atoms with Crippen LogP contribution in [-0.2, 0) is 19.1 Å². The third kappa shape index (κ3) is 4.19. The van der Waals surface area contributed by atoms with Gasteiger partial charge >= 0.3 is 5.97 Å². The first-order valence-corrected chi connectivity index (χ1v) is 10.5. The Morgan fingerprint density at radius 2 is 1.76 bits per heavy atom. The fourth-order valence-electron chi connectivity index (χ4n) is 4.00. The van der Waals surface area contributed by atoms with Crippen LogP contribution in [0.2, 0.25) is 0 Å². The van der Waals surface area contributed by atoms with E-state index in [0.29, 0.717) is 5.69 Å². The van der Waals surface area contributed by atoms with E-state index in [4.69, 9.17) is 4.74 Å². The normalized spacial score (nSPS) is 19.1. The molecule has 33 heavy (non-hydrogen) atoms. The summed E-state index contributed by atoms with van der Waals surface area (Å²) in [6, 6.07) is 9.90. The molecular formula is C23H23N5O5. The lowest BCUT2D eigenvalue weighted by molar-refractivity contribution is -0.123. The van der Waals surface area contributed by atoms with E-state index in [1.807, 2.05) is 19.9 Å². The maximum absolute atomic E-state index is 13.1. The van der Waals surface area contributed by atoms with Gasteiger partial charge in [0.2, 0.25) is 5.91 Å². The molecule has 1 saturated heterocycles.